The first-order chi connectivity index (χ1) is 10.7. The third kappa shape index (κ3) is 2.72. The Morgan fingerprint density at radius 3 is 2.32 bits per heavy atom. The number of aromatic carboxylic acids is 1. The van der Waals surface area contributed by atoms with Crippen molar-refractivity contribution in [2.45, 2.75) is 5.37 Å². The van der Waals surface area contributed by atoms with Crippen molar-refractivity contribution in [1.29, 1.82) is 0 Å². The molecule has 1 amide bonds. The van der Waals surface area contributed by atoms with Crippen LogP contribution in [-0.4, -0.2) is 34.2 Å². The molecule has 3 rings (SSSR count). The van der Waals surface area contributed by atoms with E-state index in [9.17, 15) is 14.7 Å². The van der Waals surface area contributed by atoms with Crippen molar-refractivity contribution in [3.63, 3.8) is 0 Å². The van der Waals surface area contributed by atoms with Gasteiger partial charge in [-0.2, -0.15) is 0 Å². The van der Waals surface area contributed by atoms with Crippen molar-refractivity contribution < 1.29 is 14.7 Å². The van der Waals surface area contributed by atoms with Gasteiger partial charge in [0.1, 0.15) is 5.37 Å². The number of carbonyl (C=O) groups excluding carboxylic acids is 1. The second kappa shape index (κ2) is 6.23. The molecule has 0 radical (unpaired) electrons. The second-order valence-corrected chi connectivity index (χ2v) is 6.17. The summed E-state index contributed by atoms with van der Waals surface area (Å²) in [6, 6.07) is 16.2. The summed E-state index contributed by atoms with van der Waals surface area (Å²) in [7, 11) is 0. The summed E-state index contributed by atoms with van der Waals surface area (Å²) in [5.41, 5.74) is 1.36. The predicted octanol–water partition coefficient (Wildman–Crippen LogP) is 3.27. The van der Waals surface area contributed by atoms with Crippen LogP contribution in [0.25, 0.3) is 0 Å². The summed E-state index contributed by atoms with van der Waals surface area (Å²) < 4.78 is 0. The minimum absolute atomic E-state index is 0.0520. The maximum atomic E-state index is 12.8. The fourth-order valence-corrected chi connectivity index (χ4v) is 3.84. The third-order valence-corrected chi connectivity index (χ3v) is 4.89. The van der Waals surface area contributed by atoms with Crippen LogP contribution in [-0.2, 0) is 0 Å². The first kappa shape index (κ1) is 14.7. The van der Waals surface area contributed by atoms with Crippen molar-refractivity contribution in [1.82, 2.24) is 4.90 Å². The van der Waals surface area contributed by atoms with Crippen LogP contribution in [0.5, 0.6) is 0 Å². The fraction of sp³-hybridized carbons (Fsp3) is 0.176. The van der Waals surface area contributed by atoms with Gasteiger partial charge in [-0.1, -0.05) is 42.5 Å². The lowest BCUT2D eigenvalue weighted by atomic mass is 10.1. The van der Waals surface area contributed by atoms with E-state index in [1.54, 1.807) is 34.9 Å². The highest BCUT2D eigenvalue weighted by Gasteiger charge is 2.32. The standard InChI is InChI=1S/C17H15NO3S/c19-15(13-8-4-5-9-14(13)17(20)21)18-10-11-22-16(18)12-6-2-1-3-7-12/h1-9,16H,10-11H2,(H,20,21). The molecule has 1 aliphatic rings. The summed E-state index contributed by atoms with van der Waals surface area (Å²) in [5, 5.41) is 9.20. The summed E-state index contributed by atoms with van der Waals surface area (Å²) in [5.74, 6) is -0.454. The topological polar surface area (TPSA) is 57.6 Å². The Bertz CT molecular complexity index is 702. The molecular formula is C17H15NO3S. The molecule has 1 heterocycles. The normalized spacial score (nSPS) is 17.5. The summed E-state index contributed by atoms with van der Waals surface area (Å²) in [6.45, 7) is 0.622. The number of nitrogens with zero attached hydrogens (tertiary/aromatic N) is 1. The largest absolute Gasteiger partial charge is 0.478 e. The van der Waals surface area contributed by atoms with E-state index < -0.39 is 5.97 Å². The van der Waals surface area contributed by atoms with Gasteiger partial charge in [-0.3, -0.25) is 4.79 Å². The Morgan fingerprint density at radius 1 is 1.00 bits per heavy atom. The lowest BCUT2D eigenvalue weighted by Crippen LogP contribution is -2.31. The zero-order valence-electron chi connectivity index (χ0n) is 11.8. The number of hydrogen-bond acceptors (Lipinski definition) is 3. The van der Waals surface area contributed by atoms with Crippen LogP contribution in [0.15, 0.2) is 54.6 Å². The number of rotatable bonds is 3. The van der Waals surface area contributed by atoms with Gasteiger partial charge >= 0.3 is 5.97 Å². The Balaban J connectivity index is 1.93. The van der Waals surface area contributed by atoms with Crippen LogP contribution in [0, 0.1) is 0 Å². The van der Waals surface area contributed by atoms with Gasteiger partial charge in [0.15, 0.2) is 0 Å². The quantitative estimate of drug-likeness (QED) is 0.945. The van der Waals surface area contributed by atoms with E-state index in [1.165, 1.54) is 6.07 Å². The van der Waals surface area contributed by atoms with Gasteiger partial charge in [-0.25, -0.2) is 4.79 Å². The number of carbonyl (C=O) groups is 2. The first-order valence-corrected chi connectivity index (χ1v) is 8.03. The highest BCUT2D eigenvalue weighted by molar-refractivity contribution is 7.99. The fourth-order valence-electron chi connectivity index (χ4n) is 2.58. The first-order valence-electron chi connectivity index (χ1n) is 6.98. The molecule has 1 N–H and O–H groups in total. The Hall–Kier alpha value is -2.27. The zero-order chi connectivity index (χ0) is 15.5. The average Bonchev–Trinajstić information content (AvgIpc) is 3.04. The lowest BCUT2D eigenvalue weighted by Gasteiger charge is -2.24. The molecule has 0 saturated carbocycles. The van der Waals surface area contributed by atoms with E-state index in [0.29, 0.717) is 6.54 Å². The molecule has 0 spiro atoms. The monoisotopic (exact) mass is 313 g/mol. The van der Waals surface area contributed by atoms with Crippen molar-refractivity contribution in [3.8, 4) is 0 Å². The van der Waals surface area contributed by atoms with E-state index in [1.807, 2.05) is 30.3 Å². The molecule has 1 unspecified atom stereocenters. The van der Waals surface area contributed by atoms with E-state index in [0.717, 1.165) is 11.3 Å². The zero-order valence-corrected chi connectivity index (χ0v) is 12.6. The molecule has 1 atom stereocenters. The van der Waals surface area contributed by atoms with E-state index in [4.69, 9.17) is 0 Å². The van der Waals surface area contributed by atoms with Gasteiger partial charge in [0.25, 0.3) is 5.91 Å². The van der Waals surface area contributed by atoms with Crippen LogP contribution in [0.4, 0.5) is 0 Å². The van der Waals surface area contributed by atoms with Crippen LogP contribution in [0.3, 0.4) is 0 Å². The molecule has 0 aliphatic carbocycles. The molecule has 1 aliphatic heterocycles. The van der Waals surface area contributed by atoms with Gasteiger partial charge in [-0.15, -0.1) is 11.8 Å². The third-order valence-electron chi connectivity index (χ3n) is 3.62. The molecule has 22 heavy (non-hydrogen) atoms. The SMILES string of the molecule is O=C(O)c1ccccc1C(=O)N1CCSC1c1ccccc1. The number of amides is 1. The minimum Gasteiger partial charge on any atom is -0.478 e. The van der Waals surface area contributed by atoms with Crippen molar-refractivity contribution >= 4 is 23.6 Å². The van der Waals surface area contributed by atoms with Gasteiger partial charge in [0.05, 0.1) is 11.1 Å². The van der Waals surface area contributed by atoms with Crippen molar-refractivity contribution in [2.24, 2.45) is 0 Å². The molecule has 2 aromatic carbocycles. The maximum absolute atomic E-state index is 12.8. The van der Waals surface area contributed by atoms with Gasteiger partial charge in [0.2, 0.25) is 0 Å². The summed E-state index contributed by atoms with van der Waals surface area (Å²) >= 11 is 1.70. The Labute approximate surface area is 132 Å². The second-order valence-electron chi connectivity index (χ2n) is 4.98. The molecule has 1 fully saturated rings. The number of thioether (sulfide) groups is 1. The van der Waals surface area contributed by atoms with Crippen LogP contribution in [0.2, 0.25) is 0 Å². The van der Waals surface area contributed by atoms with Gasteiger partial charge in [-0.05, 0) is 17.7 Å². The van der Waals surface area contributed by atoms with Gasteiger partial charge in [0, 0.05) is 12.3 Å². The van der Waals surface area contributed by atoms with Crippen LogP contribution >= 0.6 is 11.8 Å². The average molecular weight is 313 g/mol. The molecule has 4 nitrogen and oxygen atoms in total. The molecule has 0 bridgehead atoms. The van der Waals surface area contributed by atoms with E-state index >= 15 is 0 Å². The maximum Gasteiger partial charge on any atom is 0.336 e. The van der Waals surface area contributed by atoms with E-state index in [2.05, 4.69) is 0 Å². The highest BCUT2D eigenvalue weighted by Crippen LogP contribution is 2.38. The molecule has 5 heteroatoms. The Morgan fingerprint density at radius 2 is 1.64 bits per heavy atom. The van der Waals surface area contributed by atoms with Gasteiger partial charge < -0.3 is 10.0 Å². The van der Waals surface area contributed by atoms with Crippen molar-refractivity contribution in [2.75, 3.05) is 12.3 Å². The lowest BCUT2D eigenvalue weighted by molar-refractivity contribution is 0.0676. The highest BCUT2D eigenvalue weighted by atomic mass is 32.2. The summed E-state index contributed by atoms with van der Waals surface area (Å²) in [4.78, 5) is 25.9. The molecule has 2 aromatic rings. The van der Waals surface area contributed by atoms with E-state index in [-0.39, 0.29) is 22.4 Å². The van der Waals surface area contributed by atoms with Crippen molar-refractivity contribution in [3.05, 3.63) is 71.3 Å². The summed E-state index contributed by atoms with van der Waals surface area (Å²) in [6.07, 6.45) is 0. The minimum atomic E-state index is -1.08. The van der Waals surface area contributed by atoms with Crippen LogP contribution < -0.4 is 0 Å². The smallest absolute Gasteiger partial charge is 0.336 e. The molecule has 112 valence electrons. The number of carboxylic acids is 1. The number of benzene rings is 2. The Kier molecular flexibility index (Phi) is 4.15. The molecule has 0 aromatic heterocycles. The predicted molar refractivity (Wildman–Crippen MR) is 86.1 cm³/mol. The number of hydrogen-bond donors (Lipinski definition) is 1. The molecular weight excluding hydrogens is 298 g/mol. The van der Waals surface area contributed by atoms with Crippen LogP contribution in [0.1, 0.15) is 31.7 Å². The number of carboxylic acid groups (broad SMARTS) is 1. The molecule has 1 saturated heterocycles.